The number of aromatic nitrogens is 2. The number of hydrogen-bond donors (Lipinski definition) is 1. The van der Waals surface area contributed by atoms with Crippen LogP contribution in [0.5, 0.6) is 0 Å². The molecular formula is C16H26N4. The van der Waals surface area contributed by atoms with Crippen molar-refractivity contribution in [3.8, 4) is 0 Å². The van der Waals surface area contributed by atoms with Gasteiger partial charge in [-0.3, -0.25) is 0 Å². The van der Waals surface area contributed by atoms with E-state index in [1.807, 2.05) is 0 Å². The van der Waals surface area contributed by atoms with Gasteiger partial charge in [0, 0.05) is 43.6 Å². The number of rotatable bonds is 2. The highest BCUT2D eigenvalue weighted by atomic mass is 15.2. The van der Waals surface area contributed by atoms with Gasteiger partial charge in [-0.2, -0.15) is 0 Å². The third kappa shape index (κ3) is 2.80. The summed E-state index contributed by atoms with van der Waals surface area (Å²) >= 11 is 0. The van der Waals surface area contributed by atoms with Crippen molar-refractivity contribution in [2.24, 2.45) is 0 Å². The van der Waals surface area contributed by atoms with Crippen LogP contribution in [0.15, 0.2) is 6.07 Å². The predicted molar refractivity (Wildman–Crippen MR) is 82.4 cm³/mol. The van der Waals surface area contributed by atoms with E-state index in [9.17, 15) is 0 Å². The normalized spacial score (nSPS) is 20.9. The van der Waals surface area contributed by atoms with E-state index in [1.165, 1.54) is 25.0 Å². The van der Waals surface area contributed by atoms with Gasteiger partial charge in [-0.15, -0.1) is 0 Å². The summed E-state index contributed by atoms with van der Waals surface area (Å²) in [5.41, 5.74) is 1.27. The van der Waals surface area contributed by atoms with Crippen LogP contribution in [0.4, 0.5) is 5.82 Å². The van der Waals surface area contributed by atoms with Gasteiger partial charge in [0.1, 0.15) is 11.6 Å². The van der Waals surface area contributed by atoms with Crippen LogP contribution in [-0.2, 0) is 5.41 Å². The molecule has 0 atom stereocenters. The summed E-state index contributed by atoms with van der Waals surface area (Å²) in [6, 6.07) is 2.20. The Morgan fingerprint density at radius 3 is 2.40 bits per heavy atom. The average Bonchev–Trinajstić information content (AvgIpc) is 2.36. The quantitative estimate of drug-likeness (QED) is 0.899. The van der Waals surface area contributed by atoms with Crippen LogP contribution in [0.25, 0.3) is 0 Å². The number of nitrogens with one attached hydrogen (secondary N) is 1. The first-order chi connectivity index (χ1) is 9.54. The van der Waals surface area contributed by atoms with Crippen LogP contribution in [0.3, 0.4) is 0 Å². The van der Waals surface area contributed by atoms with Crippen LogP contribution in [0, 0.1) is 0 Å². The number of piperazine rings is 1. The molecule has 1 N–H and O–H groups in total. The zero-order valence-corrected chi connectivity index (χ0v) is 12.9. The number of anilines is 1. The summed E-state index contributed by atoms with van der Waals surface area (Å²) in [5, 5.41) is 3.40. The first-order valence-electron chi connectivity index (χ1n) is 7.89. The van der Waals surface area contributed by atoms with Gasteiger partial charge in [0.05, 0.1) is 5.69 Å². The van der Waals surface area contributed by atoms with Gasteiger partial charge in [0.2, 0.25) is 0 Å². The maximum absolute atomic E-state index is 4.88. The maximum atomic E-state index is 4.88. The van der Waals surface area contributed by atoms with Gasteiger partial charge in [-0.1, -0.05) is 27.2 Å². The topological polar surface area (TPSA) is 41.0 Å². The Balaban J connectivity index is 1.94. The molecule has 4 heteroatoms. The SMILES string of the molecule is CC(C)(C)c1cc(N2CCNCC2)nc(C2CCC2)n1. The van der Waals surface area contributed by atoms with E-state index in [0.29, 0.717) is 5.92 Å². The van der Waals surface area contributed by atoms with Gasteiger partial charge in [0.15, 0.2) is 0 Å². The molecule has 1 aromatic heterocycles. The molecule has 4 nitrogen and oxygen atoms in total. The molecule has 2 aliphatic rings. The predicted octanol–water partition coefficient (Wildman–Crippen LogP) is 2.45. The minimum atomic E-state index is 0.0875. The molecule has 3 rings (SSSR count). The summed E-state index contributed by atoms with van der Waals surface area (Å²) in [6.45, 7) is 10.9. The third-order valence-electron chi connectivity index (χ3n) is 4.41. The highest BCUT2D eigenvalue weighted by Gasteiger charge is 2.27. The van der Waals surface area contributed by atoms with Crippen molar-refractivity contribution in [1.29, 1.82) is 0 Å². The van der Waals surface area contributed by atoms with E-state index in [0.717, 1.165) is 37.8 Å². The standard InChI is InChI=1S/C16H26N4/c1-16(2,3)13-11-14(20-9-7-17-8-10-20)19-15(18-13)12-5-4-6-12/h11-12,17H,4-10H2,1-3H3. The third-order valence-corrected chi connectivity index (χ3v) is 4.41. The summed E-state index contributed by atoms with van der Waals surface area (Å²) in [4.78, 5) is 12.1. The molecular weight excluding hydrogens is 248 g/mol. The van der Waals surface area contributed by atoms with Crippen LogP contribution < -0.4 is 10.2 Å². The fourth-order valence-electron chi connectivity index (χ4n) is 2.74. The molecule has 2 heterocycles. The molecule has 0 unspecified atom stereocenters. The van der Waals surface area contributed by atoms with Crippen molar-refractivity contribution in [2.45, 2.75) is 51.4 Å². The smallest absolute Gasteiger partial charge is 0.134 e. The second kappa shape index (κ2) is 5.32. The second-order valence-electron chi connectivity index (χ2n) is 7.08. The van der Waals surface area contributed by atoms with Gasteiger partial charge in [-0.25, -0.2) is 9.97 Å². The summed E-state index contributed by atoms with van der Waals surface area (Å²) in [6.07, 6.45) is 3.85. The van der Waals surface area contributed by atoms with Gasteiger partial charge < -0.3 is 10.2 Å². The Morgan fingerprint density at radius 2 is 1.85 bits per heavy atom. The molecule has 0 radical (unpaired) electrons. The minimum absolute atomic E-state index is 0.0875. The molecule has 0 aromatic carbocycles. The van der Waals surface area contributed by atoms with Crippen LogP contribution in [-0.4, -0.2) is 36.1 Å². The van der Waals surface area contributed by atoms with E-state index in [-0.39, 0.29) is 5.41 Å². The Kier molecular flexibility index (Phi) is 3.67. The largest absolute Gasteiger partial charge is 0.354 e. The lowest BCUT2D eigenvalue weighted by Crippen LogP contribution is -2.44. The Morgan fingerprint density at radius 1 is 1.15 bits per heavy atom. The fourth-order valence-corrected chi connectivity index (χ4v) is 2.74. The number of hydrogen-bond acceptors (Lipinski definition) is 4. The lowest BCUT2D eigenvalue weighted by Gasteiger charge is -2.32. The van der Waals surface area contributed by atoms with Crippen molar-refractivity contribution in [3.63, 3.8) is 0 Å². The molecule has 1 aliphatic heterocycles. The van der Waals surface area contributed by atoms with Crippen LogP contribution in [0.2, 0.25) is 0 Å². The maximum Gasteiger partial charge on any atom is 0.134 e. The number of nitrogens with zero attached hydrogens (tertiary/aromatic N) is 3. The molecule has 1 aliphatic carbocycles. The molecule has 0 spiro atoms. The minimum Gasteiger partial charge on any atom is -0.354 e. The van der Waals surface area contributed by atoms with Gasteiger partial charge in [0.25, 0.3) is 0 Å². The van der Waals surface area contributed by atoms with Crippen molar-refractivity contribution >= 4 is 5.82 Å². The molecule has 20 heavy (non-hydrogen) atoms. The van der Waals surface area contributed by atoms with Gasteiger partial charge >= 0.3 is 0 Å². The van der Waals surface area contributed by atoms with E-state index in [1.54, 1.807) is 0 Å². The molecule has 1 saturated heterocycles. The summed E-state index contributed by atoms with van der Waals surface area (Å²) < 4.78 is 0. The van der Waals surface area contributed by atoms with Crippen molar-refractivity contribution in [2.75, 3.05) is 31.1 Å². The van der Waals surface area contributed by atoms with Crippen LogP contribution in [0.1, 0.15) is 57.5 Å². The van der Waals surface area contributed by atoms with Crippen molar-refractivity contribution < 1.29 is 0 Å². The summed E-state index contributed by atoms with van der Waals surface area (Å²) in [5.74, 6) is 2.81. The highest BCUT2D eigenvalue weighted by Crippen LogP contribution is 2.36. The Hall–Kier alpha value is -1.16. The Labute approximate surface area is 122 Å². The first kappa shape index (κ1) is 13.8. The van der Waals surface area contributed by atoms with Gasteiger partial charge in [-0.05, 0) is 12.8 Å². The van der Waals surface area contributed by atoms with E-state index in [2.05, 4.69) is 37.1 Å². The van der Waals surface area contributed by atoms with E-state index >= 15 is 0 Å². The van der Waals surface area contributed by atoms with Crippen molar-refractivity contribution in [1.82, 2.24) is 15.3 Å². The lowest BCUT2D eigenvalue weighted by atomic mass is 9.84. The molecule has 0 bridgehead atoms. The Bertz CT molecular complexity index is 468. The summed E-state index contributed by atoms with van der Waals surface area (Å²) in [7, 11) is 0. The zero-order chi connectivity index (χ0) is 14.2. The van der Waals surface area contributed by atoms with Crippen molar-refractivity contribution in [3.05, 3.63) is 17.6 Å². The van der Waals surface area contributed by atoms with E-state index < -0.39 is 0 Å². The molecule has 1 aromatic rings. The van der Waals surface area contributed by atoms with Crippen LogP contribution >= 0.6 is 0 Å². The van der Waals surface area contributed by atoms with E-state index in [4.69, 9.17) is 9.97 Å². The fraction of sp³-hybridized carbons (Fsp3) is 0.750. The first-order valence-corrected chi connectivity index (χ1v) is 7.89. The second-order valence-corrected chi connectivity index (χ2v) is 7.08. The average molecular weight is 274 g/mol. The molecule has 0 amide bonds. The lowest BCUT2D eigenvalue weighted by molar-refractivity contribution is 0.397. The monoisotopic (exact) mass is 274 g/mol. The highest BCUT2D eigenvalue weighted by molar-refractivity contribution is 5.42. The zero-order valence-electron chi connectivity index (χ0n) is 12.9. The molecule has 110 valence electrons. The molecule has 2 fully saturated rings. The molecule has 1 saturated carbocycles.